The Bertz CT molecular complexity index is 850. The zero-order valence-electron chi connectivity index (χ0n) is 18.7. The SMILES string of the molecule is CC(NC(=NCc1ccccc1)NCC(=O)N(C)C)c1cccc(N2CCCC2)c1.I. The number of nitrogens with one attached hydrogen (secondary N) is 2. The molecule has 2 aromatic carbocycles. The average molecular weight is 535 g/mol. The van der Waals surface area contributed by atoms with Gasteiger partial charge in [-0.15, -0.1) is 24.0 Å². The number of amides is 1. The number of likely N-dealkylation sites (N-methyl/N-ethyl adjacent to an activating group) is 1. The number of benzene rings is 2. The molecule has 1 saturated heterocycles. The molecule has 3 rings (SSSR count). The van der Waals surface area contributed by atoms with Gasteiger partial charge in [0, 0.05) is 32.9 Å². The fraction of sp³-hybridized carbons (Fsp3) is 0.417. The molecular formula is C24H34IN5O. The van der Waals surface area contributed by atoms with Gasteiger partial charge in [0.25, 0.3) is 0 Å². The minimum absolute atomic E-state index is 0. The van der Waals surface area contributed by atoms with Crippen molar-refractivity contribution in [3.05, 3.63) is 65.7 Å². The van der Waals surface area contributed by atoms with E-state index in [1.807, 2.05) is 18.2 Å². The van der Waals surface area contributed by atoms with Gasteiger partial charge in [-0.05, 0) is 43.0 Å². The number of carbonyl (C=O) groups excluding carboxylic acids is 1. The van der Waals surface area contributed by atoms with E-state index in [-0.39, 0.29) is 42.5 Å². The van der Waals surface area contributed by atoms with Crippen LogP contribution in [0.25, 0.3) is 0 Å². The Morgan fingerprint density at radius 3 is 2.48 bits per heavy atom. The van der Waals surface area contributed by atoms with Crippen molar-refractivity contribution in [1.29, 1.82) is 0 Å². The normalized spacial score (nSPS) is 14.5. The number of aliphatic imine (C=N–C) groups is 1. The van der Waals surface area contributed by atoms with E-state index >= 15 is 0 Å². The van der Waals surface area contributed by atoms with E-state index in [0.717, 1.165) is 18.7 Å². The predicted octanol–water partition coefficient (Wildman–Crippen LogP) is 3.79. The smallest absolute Gasteiger partial charge is 0.241 e. The van der Waals surface area contributed by atoms with Crippen molar-refractivity contribution in [3.8, 4) is 0 Å². The number of hydrogen-bond donors (Lipinski definition) is 2. The number of anilines is 1. The van der Waals surface area contributed by atoms with E-state index in [9.17, 15) is 4.79 Å². The summed E-state index contributed by atoms with van der Waals surface area (Å²) in [4.78, 5) is 20.8. The van der Waals surface area contributed by atoms with E-state index < -0.39 is 0 Å². The quantitative estimate of drug-likeness (QED) is 0.322. The van der Waals surface area contributed by atoms with Crippen molar-refractivity contribution in [1.82, 2.24) is 15.5 Å². The molecule has 1 amide bonds. The van der Waals surface area contributed by atoms with Gasteiger partial charge in [0.1, 0.15) is 0 Å². The summed E-state index contributed by atoms with van der Waals surface area (Å²) in [6.07, 6.45) is 2.52. The second-order valence-electron chi connectivity index (χ2n) is 7.95. The Labute approximate surface area is 203 Å². The van der Waals surface area contributed by atoms with Crippen LogP contribution in [0, 0.1) is 0 Å². The standard InChI is InChI=1S/C24H33N5O.HI/c1-19(21-12-9-13-22(16-21)29-14-7-8-15-29)27-24(26-18-23(30)28(2)3)25-17-20-10-5-4-6-11-20;/h4-6,9-13,16,19H,7-8,14-15,17-18H2,1-3H3,(H2,25,26,27);1H. The third-order valence-electron chi connectivity index (χ3n) is 5.36. The largest absolute Gasteiger partial charge is 0.372 e. The molecular weight excluding hydrogens is 501 g/mol. The van der Waals surface area contributed by atoms with Gasteiger partial charge in [0.05, 0.1) is 19.1 Å². The number of hydrogen-bond acceptors (Lipinski definition) is 3. The molecule has 0 spiro atoms. The second-order valence-corrected chi connectivity index (χ2v) is 7.95. The van der Waals surface area contributed by atoms with Gasteiger partial charge in [-0.2, -0.15) is 0 Å². The van der Waals surface area contributed by atoms with Crippen LogP contribution < -0.4 is 15.5 Å². The van der Waals surface area contributed by atoms with Crippen LogP contribution in [0.4, 0.5) is 5.69 Å². The van der Waals surface area contributed by atoms with Gasteiger partial charge in [-0.25, -0.2) is 4.99 Å². The highest BCUT2D eigenvalue weighted by molar-refractivity contribution is 14.0. The molecule has 6 nitrogen and oxygen atoms in total. The average Bonchev–Trinajstić information content (AvgIpc) is 3.31. The summed E-state index contributed by atoms with van der Waals surface area (Å²) in [5.74, 6) is 0.640. The number of guanidine groups is 1. The number of halogens is 1. The first-order chi connectivity index (χ1) is 14.5. The molecule has 2 N–H and O–H groups in total. The Morgan fingerprint density at radius 1 is 1.10 bits per heavy atom. The zero-order valence-corrected chi connectivity index (χ0v) is 21.0. The van der Waals surface area contributed by atoms with Crippen LogP contribution in [0.1, 0.15) is 36.9 Å². The summed E-state index contributed by atoms with van der Waals surface area (Å²) >= 11 is 0. The maximum atomic E-state index is 12.0. The summed E-state index contributed by atoms with van der Waals surface area (Å²) in [7, 11) is 3.51. The van der Waals surface area contributed by atoms with Crippen LogP contribution in [0.15, 0.2) is 59.6 Å². The van der Waals surface area contributed by atoms with Crippen molar-refractivity contribution < 1.29 is 4.79 Å². The molecule has 7 heteroatoms. The van der Waals surface area contributed by atoms with Gasteiger partial charge < -0.3 is 20.4 Å². The van der Waals surface area contributed by atoms with Gasteiger partial charge in [-0.3, -0.25) is 4.79 Å². The van der Waals surface area contributed by atoms with Crippen LogP contribution >= 0.6 is 24.0 Å². The van der Waals surface area contributed by atoms with Gasteiger partial charge in [0.2, 0.25) is 5.91 Å². The first-order valence-corrected chi connectivity index (χ1v) is 10.7. The highest BCUT2D eigenvalue weighted by Gasteiger charge is 2.15. The van der Waals surface area contributed by atoms with Crippen molar-refractivity contribution in [2.24, 2.45) is 4.99 Å². The van der Waals surface area contributed by atoms with Crippen LogP contribution in [0.2, 0.25) is 0 Å². The molecule has 1 aliphatic rings. The Morgan fingerprint density at radius 2 is 1.81 bits per heavy atom. The molecule has 1 atom stereocenters. The van der Waals surface area contributed by atoms with Gasteiger partial charge in [-0.1, -0.05) is 42.5 Å². The van der Waals surface area contributed by atoms with Gasteiger partial charge >= 0.3 is 0 Å². The lowest BCUT2D eigenvalue weighted by atomic mass is 10.1. The molecule has 0 aliphatic carbocycles. The minimum atomic E-state index is 0. The fourth-order valence-electron chi connectivity index (χ4n) is 3.48. The highest BCUT2D eigenvalue weighted by Crippen LogP contribution is 2.24. The summed E-state index contributed by atoms with van der Waals surface area (Å²) in [5, 5.41) is 6.64. The van der Waals surface area contributed by atoms with E-state index in [0.29, 0.717) is 12.5 Å². The summed E-state index contributed by atoms with van der Waals surface area (Å²) < 4.78 is 0. The Hall–Kier alpha value is -2.29. The molecule has 1 fully saturated rings. The number of nitrogens with zero attached hydrogens (tertiary/aromatic N) is 3. The Balaban J connectivity index is 0.00000341. The minimum Gasteiger partial charge on any atom is -0.372 e. The first kappa shape index (κ1) is 25.0. The van der Waals surface area contributed by atoms with Crippen molar-refractivity contribution in [3.63, 3.8) is 0 Å². The molecule has 0 saturated carbocycles. The fourth-order valence-corrected chi connectivity index (χ4v) is 3.48. The molecule has 1 unspecified atom stereocenters. The molecule has 0 radical (unpaired) electrons. The van der Waals surface area contributed by atoms with E-state index in [1.165, 1.54) is 24.1 Å². The van der Waals surface area contributed by atoms with Crippen LogP contribution in [-0.4, -0.2) is 50.5 Å². The lowest BCUT2D eigenvalue weighted by molar-refractivity contribution is -0.127. The van der Waals surface area contributed by atoms with Gasteiger partial charge in [0.15, 0.2) is 5.96 Å². The third kappa shape index (κ3) is 7.72. The predicted molar refractivity (Wildman–Crippen MR) is 139 cm³/mol. The van der Waals surface area contributed by atoms with E-state index in [2.05, 4.69) is 58.9 Å². The highest BCUT2D eigenvalue weighted by atomic mass is 127. The molecule has 0 bridgehead atoms. The molecule has 31 heavy (non-hydrogen) atoms. The number of rotatable bonds is 7. The van der Waals surface area contributed by atoms with E-state index in [4.69, 9.17) is 4.99 Å². The monoisotopic (exact) mass is 535 g/mol. The maximum absolute atomic E-state index is 12.0. The lowest BCUT2D eigenvalue weighted by Gasteiger charge is -2.22. The molecule has 0 aromatic heterocycles. The summed E-state index contributed by atoms with van der Waals surface area (Å²) in [6.45, 7) is 5.13. The topological polar surface area (TPSA) is 60.0 Å². The maximum Gasteiger partial charge on any atom is 0.241 e. The summed E-state index contributed by atoms with van der Waals surface area (Å²) in [6, 6.07) is 18.9. The third-order valence-corrected chi connectivity index (χ3v) is 5.36. The molecule has 2 aromatic rings. The second kappa shape index (κ2) is 12.5. The summed E-state index contributed by atoms with van der Waals surface area (Å²) in [5.41, 5.74) is 3.60. The van der Waals surface area contributed by atoms with E-state index in [1.54, 1.807) is 19.0 Å². The van der Waals surface area contributed by atoms with Crippen LogP contribution in [0.5, 0.6) is 0 Å². The number of carbonyl (C=O) groups is 1. The molecule has 1 aliphatic heterocycles. The molecule has 1 heterocycles. The van der Waals surface area contributed by atoms with Crippen molar-refractivity contribution in [2.75, 3.05) is 38.6 Å². The first-order valence-electron chi connectivity index (χ1n) is 10.7. The lowest BCUT2D eigenvalue weighted by Crippen LogP contribution is -2.43. The Kier molecular flexibility index (Phi) is 10.1. The van der Waals surface area contributed by atoms with Crippen molar-refractivity contribution in [2.45, 2.75) is 32.4 Å². The van der Waals surface area contributed by atoms with Crippen molar-refractivity contribution >= 4 is 41.5 Å². The molecule has 168 valence electrons. The zero-order chi connectivity index (χ0) is 21.3. The van der Waals surface area contributed by atoms with Crippen LogP contribution in [0.3, 0.4) is 0 Å². The van der Waals surface area contributed by atoms with Crippen LogP contribution in [-0.2, 0) is 11.3 Å².